The zero-order chi connectivity index (χ0) is 13.1. The van der Waals surface area contributed by atoms with Crippen LogP contribution in [0.3, 0.4) is 0 Å². The van der Waals surface area contributed by atoms with E-state index in [0.29, 0.717) is 11.5 Å². The molecule has 0 bridgehead atoms. The summed E-state index contributed by atoms with van der Waals surface area (Å²) in [5.41, 5.74) is 2.90. The van der Waals surface area contributed by atoms with E-state index in [2.05, 4.69) is 16.0 Å². The van der Waals surface area contributed by atoms with E-state index in [0.717, 1.165) is 22.6 Å². The highest BCUT2D eigenvalue weighted by Crippen LogP contribution is 2.22. The number of methoxy groups -OCH3 is 1. The highest BCUT2D eigenvalue weighted by atomic mass is 16.5. The molecule has 2 rings (SSSR count). The molecule has 0 fully saturated rings. The van der Waals surface area contributed by atoms with Crippen LogP contribution in [0.4, 0.5) is 0 Å². The number of aryl methyl sites for hydroxylation is 1. The van der Waals surface area contributed by atoms with Crippen molar-refractivity contribution in [2.45, 2.75) is 13.8 Å². The molecule has 0 unspecified atom stereocenters. The summed E-state index contributed by atoms with van der Waals surface area (Å²) < 4.78 is 5.17. The number of hydrogen-bond acceptors (Lipinski definition) is 4. The number of rotatable bonds is 2. The number of hydrogen-bond donors (Lipinski definition) is 0. The van der Waals surface area contributed by atoms with Crippen LogP contribution in [0.25, 0.3) is 11.4 Å². The first-order chi connectivity index (χ1) is 8.65. The Morgan fingerprint density at radius 2 is 2.00 bits per heavy atom. The van der Waals surface area contributed by atoms with Crippen LogP contribution < -0.4 is 4.74 Å². The minimum Gasteiger partial charge on any atom is -0.497 e. The van der Waals surface area contributed by atoms with Gasteiger partial charge in [-0.2, -0.15) is 5.26 Å². The minimum absolute atomic E-state index is 0.417. The van der Waals surface area contributed by atoms with Gasteiger partial charge in [0.05, 0.1) is 7.11 Å². The zero-order valence-corrected chi connectivity index (χ0v) is 10.6. The zero-order valence-electron chi connectivity index (χ0n) is 10.6. The smallest absolute Gasteiger partial charge is 0.161 e. The van der Waals surface area contributed by atoms with Crippen LogP contribution in [-0.4, -0.2) is 17.1 Å². The van der Waals surface area contributed by atoms with Gasteiger partial charge in [-0.1, -0.05) is 12.1 Å². The molecule has 4 heteroatoms. The molecule has 2 aromatic rings. The molecule has 0 atom stereocenters. The normalized spacial score (nSPS) is 9.89. The van der Waals surface area contributed by atoms with Gasteiger partial charge in [0.2, 0.25) is 0 Å². The monoisotopic (exact) mass is 239 g/mol. The van der Waals surface area contributed by atoms with Crippen molar-refractivity contribution in [2.75, 3.05) is 7.11 Å². The molecule has 0 amide bonds. The Kier molecular flexibility index (Phi) is 3.24. The van der Waals surface area contributed by atoms with Gasteiger partial charge < -0.3 is 4.74 Å². The van der Waals surface area contributed by atoms with E-state index >= 15 is 0 Å². The molecule has 1 heterocycles. The van der Waals surface area contributed by atoms with Crippen LogP contribution in [0.15, 0.2) is 24.3 Å². The maximum absolute atomic E-state index is 9.05. The lowest BCUT2D eigenvalue weighted by Gasteiger charge is -2.07. The van der Waals surface area contributed by atoms with Gasteiger partial charge in [0.15, 0.2) is 5.82 Å². The quantitative estimate of drug-likeness (QED) is 0.808. The molecule has 0 aliphatic carbocycles. The van der Waals surface area contributed by atoms with Crippen molar-refractivity contribution in [1.82, 2.24) is 9.97 Å². The summed E-state index contributed by atoms with van der Waals surface area (Å²) in [4.78, 5) is 8.68. The first-order valence-corrected chi connectivity index (χ1v) is 5.55. The van der Waals surface area contributed by atoms with E-state index in [1.165, 1.54) is 0 Å². The van der Waals surface area contributed by atoms with E-state index in [9.17, 15) is 0 Å². The maximum atomic E-state index is 9.05. The molecule has 0 N–H and O–H groups in total. The van der Waals surface area contributed by atoms with Gasteiger partial charge in [-0.25, -0.2) is 9.97 Å². The molecule has 0 saturated carbocycles. The van der Waals surface area contributed by atoms with Gasteiger partial charge in [-0.05, 0) is 26.0 Å². The largest absolute Gasteiger partial charge is 0.497 e. The third-order valence-electron chi connectivity index (χ3n) is 2.82. The molecule has 1 aromatic carbocycles. The number of benzene rings is 1. The second kappa shape index (κ2) is 4.84. The molecule has 0 aliphatic heterocycles. The topological polar surface area (TPSA) is 58.8 Å². The predicted octanol–water partition coefficient (Wildman–Crippen LogP) is 2.64. The second-order valence-corrected chi connectivity index (χ2v) is 3.95. The van der Waals surface area contributed by atoms with Crippen LogP contribution in [0.2, 0.25) is 0 Å². The molecule has 0 aliphatic rings. The maximum Gasteiger partial charge on any atom is 0.161 e. The Morgan fingerprint density at radius 1 is 1.22 bits per heavy atom. The number of aromatic nitrogens is 2. The molecule has 1 aromatic heterocycles. The summed E-state index contributed by atoms with van der Waals surface area (Å²) in [7, 11) is 1.61. The Morgan fingerprint density at radius 3 is 2.67 bits per heavy atom. The first-order valence-electron chi connectivity index (χ1n) is 5.55. The van der Waals surface area contributed by atoms with Crippen molar-refractivity contribution < 1.29 is 4.74 Å². The third-order valence-corrected chi connectivity index (χ3v) is 2.82. The van der Waals surface area contributed by atoms with E-state index in [1.54, 1.807) is 7.11 Å². The van der Waals surface area contributed by atoms with Gasteiger partial charge in [-0.15, -0.1) is 0 Å². The van der Waals surface area contributed by atoms with Crippen LogP contribution in [0, 0.1) is 25.2 Å². The van der Waals surface area contributed by atoms with Crippen molar-refractivity contribution >= 4 is 0 Å². The summed E-state index contributed by atoms with van der Waals surface area (Å²) in [5, 5.41) is 9.05. The van der Waals surface area contributed by atoms with E-state index < -0.39 is 0 Å². The summed E-state index contributed by atoms with van der Waals surface area (Å²) in [6.07, 6.45) is 0. The lowest BCUT2D eigenvalue weighted by Crippen LogP contribution is -1.99. The third kappa shape index (κ3) is 2.16. The fourth-order valence-electron chi connectivity index (χ4n) is 1.63. The van der Waals surface area contributed by atoms with Crippen LogP contribution in [-0.2, 0) is 0 Å². The van der Waals surface area contributed by atoms with Crippen molar-refractivity contribution in [1.29, 1.82) is 5.26 Å². The van der Waals surface area contributed by atoms with Gasteiger partial charge in [0, 0.05) is 16.8 Å². The fourth-order valence-corrected chi connectivity index (χ4v) is 1.63. The van der Waals surface area contributed by atoms with Crippen LogP contribution >= 0.6 is 0 Å². The molecule has 0 saturated heterocycles. The van der Waals surface area contributed by atoms with Crippen LogP contribution in [0.5, 0.6) is 5.75 Å². The average Bonchev–Trinajstić information content (AvgIpc) is 2.41. The standard InChI is InChI=1S/C14H13N3O/c1-9-10(2)16-14(17-13(9)8-15)11-5-4-6-12(7-11)18-3/h4-7H,1-3H3. The van der Waals surface area contributed by atoms with Gasteiger partial charge in [-0.3, -0.25) is 0 Å². The molecule has 0 radical (unpaired) electrons. The highest BCUT2D eigenvalue weighted by Gasteiger charge is 2.09. The molecule has 90 valence electrons. The summed E-state index contributed by atoms with van der Waals surface area (Å²) in [6, 6.07) is 9.57. The van der Waals surface area contributed by atoms with Crippen molar-refractivity contribution in [3.8, 4) is 23.2 Å². The number of nitriles is 1. The van der Waals surface area contributed by atoms with Crippen molar-refractivity contribution in [2.24, 2.45) is 0 Å². The molecular weight excluding hydrogens is 226 g/mol. The molecule has 0 spiro atoms. The van der Waals surface area contributed by atoms with Crippen molar-refractivity contribution in [3.63, 3.8) is 0 Å². The molecule has 18 heavy (non-hydrogen) atoms. The van der Waals surface area contributed by atoms with Crippen molar-refractivity contribution in [3.05, 3.63) is 41.2 Å². The SMILES string of the molecule is COc1cccc(-c2nc(C)c(C)c(C#N)n2)c1. The van der Waals surface area contributed by atoms with Gasteiger partial charge >= 0.3 is 0 Å². The number of ether oxygens (including phenoxy) is 1. The summed E-state index contributed by atoms with van der Waals surface area (Å²) in [6.45, 7) is 3.73. The first kappa shape index (κ1) is 12.1. The summed E-state index contributed by atoms with van der Waals surface area (Å²) in [5.74, 6) is 1.29. The lowest BCUT2D eigenvalue weighted by atomic mass is 10.1. The highest BCUT2D eigenvalue weighted by molar-refractivity contribution is 5.59. The van der Waals surface area contributed by atoms with E-state index in [1.807, 2.05) is 38.1 Å². The van der Waals surface area contributed by atoms with Gasteiger partial charge in [0.1, 0.15) is 17.5 Å². The fraction of sp³-hybridized carbons (Fsp3) is 0.214. The van der Waals surface area contributed by atoms with Crippen LogP contribution in [0.1, 0.15) is 17.0 Å². The summed E-state index contributed by atoms with van der Waals surface area (Å²) >= 11 is 0. The minimum atomic E-state index is 0.417. The van der Waals surface area contributed by atoms with E-state index in [-0.39, 0.29) is 0 Å². The Labute approximate surface area is 106 Å². The molecular formula is C14H13N3O. The van der Waals surface area contributed by atoms with E-state index in [4.69, 9.17) is 10.00 Å². The number of nitrogens with zero attached hydrogens (tertiary/aromatic N) is 3. The molecule has 4 nitrogen and oxygen atoms in total. The van der Waals surface area contributed by atoms with Gasteiger partial charge in [0.25, 0.3) is 0 Å². The average molecular weight is 239 g/mol. The Balaban J connectivity index is 2.57. The Bertz CT molecular complexity index is 629. The lowest BCUT2D eigenvalue weighted by molar-refractivity contribution is 0.415. The predicted molar refractivity (Wildman–Crippen MR) is 68.2 cm³/mol. The Hall–Kier alpha value is -2.41. The second-order valence-electron chi connectivity index (χ2n) is 3.95.